The lowest BCUT2D eigenvalue weighted by atomic mass is 9.84. The first-order valence-corrected chi connectivity index (χ1v) is 13.8. The van der Waals surface area contributed by atoms with Crippen LogP contribution in [0.2, 0.25) is 0 Å². The number of ether oxygens (including phenoxy) is 6. The van der Waals surface area contributed by atoms with Crippen molar-refractivity contribution in [1.82, 2.24) is 0 Å². The molecule has 3 fully saturated rings. The van der Waals surface area contributed by atoms with E-state index in [0.717, 1.165) is 36.8 Å². The molecule has 6 heteroatoms. The van der Waals surface area contributed by atoms with Gasteiger partial charge >= 0.3 is 0 Å². The van der Waals surface area contributed by atoms with Gasteiger partial charge in [-0.05, 0) is 24.0 Å². The van der Waals surface area contributed by atoms with Crippen LogP contribution in [0, 0.1) is 0 Å². The smallest absolute Gasteiger partial charge is 0.169 e. The van der Waals surface area contributed by atoms with Crippen LogP contribution in [0.5, 0.6) is 0 Å². The average molecular weight is 521 g/mol. The third-order valence-corrected chi connectivity index (χ3v) is 7.64. The lowest BCUT2D eigenvalue weighted by molar-refractivity contribution is -0.245. The molecular formula is C32H40O6. The van der Waals surface area contributed by atoms with E-state index in [1.165, 1.54) is 6.42 Å². The summed E-state index contributed by atoms with van der Waals surface area (Å²) >= 11 is 0. The molecule has 0 unspecified atom stereocenters. The van der Waals surface area contributed by atoms with Gasteiger partial charge in [0.2, 0.25) is 0 Å². The van der Waals surface area contributed by atoms with Gasteiger partial charge in [-0.25, -0.2) is 0 Å². The minimum absolute atomic E-state index is 0.347. The van der Waals surface area contributed by atoms with E-state index in [9.17, 15) is 0 Å². The summed E-state index contributed by atoms with van der Waals surface area (Å²) in [4.78, 5) is 0. The Labute approximate surface area is 226 Å². The lowest BCUT2D eigenvalue weighted by Gasteiger charge is -2.46. The Morgan fingerprint density at radius 2 is 1.08 bits per heavy atom. The summed E-state index contributed by atoms with van der Waals surface area (Å²) < 4.78 is 39.7. The second kappa shape index (κ2) is 13.2. The molecule has 0 amide bonds. The standard InChI is InChI=1S/C32H40O6/c1-3-20-33-28-26(35-22-24-14-8-5-9-15-24)27(36-23-25-16-10-6-11-17-25)29(34-21-4-2)31-30(28)37-32(38-31)18-12-7-13-19-32/h3-6,8-11,14-17,26-31H,1-2,7,12-13,18-23H2/t26-,27-,28+,29+,30-,31+/m1/s1. The second-order valence-corrected chi connectivity index (χ2v) is 10.3. The van der Waals surface area contributed by atoms with E-state index in [4.69, 9.17) is 28.4 Å². The monoisotopic (exact) mass is 520 g/mol. The molecule has 0 bridgehead atoms. The number of rotatable bonds is 12. The van der Waals surface area contributed by atoms with Crippen LogP contribution < -0.4 is 0 Å². The normalized spacial score (nSPS) is 30.1. The van der Waals surface area contributed by atoms with Gasteiger partial charge in [0.1, 0.15) is 36.6 Å². The number of hydrogen-bond acceptors (Lipinski definition) is 6. The van der Waals surface area contributed by atoms with Gasteiger partial charge in [-0.2, -0.15) is 0 Å². The molecule has 5 rings (SSSR count). The fourth-order valence-electron chi connectivity index (χ4n) is 5.89. The molecule has 0 radical (unpaired) electrons. The van der Waals surface area contributed by atoms with Gasteiger partial charge in [0, 0.05) is 12.8 Å². The molecule has 1 spiro atoms. The highest BCUT2D eigenvalue weighted by atomic mass is 16.8. The zero-order valence-electron chi connectivity index (χ0n) is 22.1. The summed E-state index contributed by atoms with van der Waals surface area (Å²) in [6, 6.07) is 20.3. The molecule has 2 saturated carbocycles. The molecule has 1 heterocycles. The van der Waals surface area contributed by atoms with Crippen molar-refractivity contribution < 1.29 is 28.4 Å². The summed E-state index contributed by atoms with van der Waals surface area (Å²) in [6.45, 7) is 9.34. The van der Waals surface area contributed by atoms with Crippen molar-refractivity contribution in [2.24, 2.45) is 0 Å². The fraction of sp³-hybridized carbons (Fsp3) is 0.500. The van der Waals surface area contributed by atoms with Gasteiger partial charge in [-0.1, -0.05) is 79.2 Å². The third kappa shape index (κ3) is 6.28. The molecule has 6 nitrogen and oxygen atoms in total. The molecule has 204 valence electrons. The highest BCUT2D eigenvalue weighted by molar-refractivity contribution is 5.16. The number of benzene rings is 2. The van der Waals surface area contributed by atoms with Crippen molar-refractivity contribution in [1.29, 1.82) is 0 Å². The van der Waals surface area contributed by atoms with Crippen molar-refractivity contribution in [3.8, 4) is 0 Å². The molecule has 3 aliphatic rings. The second-order valence-electron chi connectivity index (χ2n) is 10.3. The fourth-order valence-corrected chi connectivity index (χ4v) is 5.89. The largest absolute Gasteiger partial charge is 0.369 e. The molecule has 2 aromatic carbocycles. The van der Waals surface area contributed by atoms with E-state index in [1.807, 2.05) is 36.4 Å². The molecule has 2 aromatic rings. The van der Waals surface area contributed by atoms with Crippen LogP contribution in [0.15, 0.2) is 86.0 Å². The molecule has 1 aliphatic heterocycles. The Morgan fingerprint density at radius 3 is 1.50 bits per heavy atom. The number of hydrogen-bond donors (Lipinski definition) is 0. The summed E-state index contributed by atoms with van der Waals surface area (Å²) in [5, 5.41) is 0. The molecule has 6 atom stereocenters. The van der Waals surface area contributed by atoms with Crippen molar-refractivity contribution in [2.75, 3.05) is 13.2 Å². The molecular weight excluding hydrogens is 480 g/mol. The van der Waals surface area contributed by atoms with Gasteiger partial charge in [0.15, 0.2) is 5.79 Å². The predicted octanol–water partition coefficient (Wildman–Crippen LogP) is 5.76. The molecule has 1 saturated heterocycles. The quantitative estimate of drug-likeness (QED) is 0.332. The van der Waals surface area contributed by atoms with Gasteiger partial charge in [-0.3, -0.25) is 0 Å². The lowest BCUT2D eigenvalue weighted by Crippen LogP contribution is -2.65. The Bertz CT molecular complexity index is 930. The third-order valence-electron chi connectivity index (χ3n) is 7.64. The van der Waals surface area contributed by atoms with Crippen molar-refractivity contribution in [3.63, 3.8) is 0 Å². The Hall–Kier alpha value is -2.32. The topological polar surface area (TPSA) is 55.4 Å². The molecule has 2 aliphatic carbocycles. The summed E-state index contributed by atoms with van der Waals surface area (Å²) in [6.07, 6.45) is 6.21. The van der Waals surface area contributed by atoms with Crippen LogP contribution in [-0.2, 0) is 41.6 Å². The van der Waals surface area contributed by atoms with Crippen LogP contribution in [0.3, 0.4) is 0 Å². The highest BCUT2D eigenvalue weighted by Crippen LogP contribution is 2.47. The van der Waals surface area contributed by atoms with E-state index < -0.39 is 30.2 Å². The first-order chi connectivity index (χ1) is 18.7. The SMILES string of the molecule is C=CCO[C@H]1[C@H](OCc2ccccc2)[C@@H](OCc2ccccc2)[C@H](OCC=C)[C@@H]2OC3(CCCCC3)O[C@H]12. The molecule has 38 heavy (non-hydrogen) atoms. The summed E-state index contributed by atoms with van der Waals surface area (Å²) in [5.41, 5.74) is 2.16. The van der Waals surface area contributed by atoms with Crippen molar-refractivity contribution >= 4 is 0 Å². The Kier molecular flexibility index (Phi) is 9.44. The summed E-state index contributed by atoms with van der Waals surface area (Å²) in [7, 11) is 0. The van der Waals surface area contributed by atoms with Gasteiger partial charge in [0.05, 0.1) is 26.4 Å². The van der Waals surface area contributed by atoms with E-state index in [2.05, 4.69) is 37.4 Å². The minimum atomic E-state index is -0.614. The maximum atomic E-state index is 6.78. The minimum Gasteiger partial charge on any atom is -0.369 e. The molecule has 0 aromatic heterocycles. The Morgan fingerprint density at radius 1 is 0.632 bits per heavy atom. The zero-order chi connectivity index (χ0) is 26.2. The number of fused-ring (bicyclic) bond motifs is 1. The predicted molar refractivity (Wildman–Crippen MR) is 145 cm³/mol. The van der Waals surface area contributed by atoms with E-state index in [-0.39, 0.29) is 12.2 Å². The van der Waals surface area contributed by atoms with Gasteiger partial charge in [0.25, 0.3) is 0 Å². The van der Waals surface area contributed by atoms with Crippen molar-refractivity contribution in [3.05, 3.63) is 97.1 Å². The Balaban J connectivity index is 1.48. The van der Waals surface area contributed by atoms with Crippen LogP contribution in [0.25, 0.3) is 0 Å². The highest BCUT2D eigenvalue weighted by Gasteiger charge is 2.62. The average Bonchev–Trinajstić information content (AvgIpc) is 3.32. The van der Waals surface area contributed by atoms with Crippen molar-refractivity contribution in [2.45, 2.75) is 87.7 Å². The van der Waals surface area contributed by atoms with E-state index in [1.54, 1.807) is 12.2 Å². The van der Waals surface area contributed by atoms with Crippen LogP contribution in [0.1, 0.15) is 43.2 Å². The van der Waals surface area contributed by atoms with Crippen LogP contribution in [0.4, 0.5) is 0 Å². The molecule has 0 N–H and O–H groups in total. The summed E-state index contributed by atoms with van der Waals surface area (Å²) in [5.74, 6) is -0.614. The van der Waals surface area contributed by atoms with E-state index in [0.29, 0.717) is 26.4 Å². The maximum Gasteiger partial charge on any atom is 0.169 e. The maximum absolute atomic E-state index is 6.78. The van der Waals surface area contributed by atoms with Gasteiger partial charge < -0.3 is 28.4 Å². The van der Waals surface area contributed by atoms with Crippen LogP contribution >= 0.6 is 0 Å². The zero-order valence-corrected chi connectivity index (χ0v) is 22.1. The van der Waals surface area contributed by atoms with E-state index >= 15 is 0 Å². The first-order valence-electron chi connectivity index (χ1n) is 13.8. The van der Waals surface area contributed by atoms with Crippen LogP contribution in [-0.4, -0.2) is 55.6 Å². The first kappa shape index (κ1) is 27.3. The van der Waals surface area contributed by atoms with Gasteiger partial charge in [-0.15, -0.1) is 13.2 Å².